The number of thiazole rings is 1. The summed E-state index contributed by atoms with van der Waals surface area (Å²) in [5.41, 5.74) is 6.51. The van der Waals surface area contributed by atoms with Gasteiger partial charge in [0.25, 0.3) is 0 Å². The second-order valence-corrected chi connectivity index (χ2v) is 9.48. The predicted molar refractivity (Wildman–Crippen MR) is 137 cm³/mol. The lowest BCUT2D eigenvalue weighted by atomic mass is 10.1. The molecule has 178 valence electrons. The average Bonchev–Trinajstić information content (AvgIpc) is 3.53. The van der Waals surface area contributed by atoms with Gasteiger partial charge in [0, 0.05) is 37.6 Å². The first-order chi connectivity index (χ1) is 17.1. The summed E-state index contributed by atoms with van der Waals surface area (Å²) in [6, 6.07) is 10.2. The lowest BCUT2D eigenvalue weighted by Gasteiger charge is -2.29. The quantitative estimate of drug-likeness (QED) is 0.369. The Morgan fingerprint density at radius 2 is 2.11 bits per heavy atom. The Morgan fingerprint density at radius 3 is 2.94 bits per heavy atom. The second-order valence-electron chi connectivity index (χ2n) is 8.59. The minimum atomic E-state index is -0.170. The van der Waals surface area contributed by atoms with Crippen molar-refractivity contribution in [1.82, 2.24) is 30.0 Å². The Balaban J connectivity index is 1.43. The van der Waals surface area contributed by atoms with Crippen LogP contribution in [-0.4, -0.2) is 56.6 Å². The normalized spacial score (nSPS) is 17.0. The van der Waals surface area contributed by atoms with E-state index in [1.165, 1.54) is 0 Å². The number of fused-ring (bicyclic) bond motifs is 2. The Labute approximate surface area is 206 Å². The minimum absolute atomic E-state index is 0.0457. The van der Waals surface area contributed by atoms with E-state index in [4.69, 9.17) is 9.47 Å². The van der Waals surface area contributed by atoms with Gasteiger partial charge in [-0.3, -0.25) is 4.68 Å². The van der Waals surface area contributed by atoms with Gasteiger partial charge in [-0.05, 0) is 42.8 Å². The largest absolute Gasteiger partial charge is 0.487 e. The van der Waals surface area contributed by atoms with Crippen LogP contribution in [0.15, 0.2) is 54.6 Å². The Morgan fingerprint density at radius 1 is 1.17 bits per heavy atom. The van der Waals surface area contributed by atoms with Crippen molar-refractivity contribution in [3.63, 3.8) is 0 Å². The molecule has 0 bridgehead atoms. The molecule has 1 saturated heterocycles. The van der Waals surface area contributed by atoms with Crippen LogP contribution in [0.4, 0.5) is 11.5 Å². The summed E-state index contributed by atoms with van der Waals surface area (Å²) in [7, 11) is 1.90. The molecule has 1 aliphatic rings. The maximum Gasteiger partial charge on any atom is 0.145 e. The monoisotopic (exact) mass is 487 g/mol. The zero-order chi connectivity index (χ0) is 23.8. The third kappa shape index (κ3) is 4.43. The number of hydrogen-bond acceptors (Lipinski definition) is 9. The van der Waals surface area contributed by atoms with Crippen molar-refractivity contribution in [1.29, 1.82) is 0 Å². The molecule has 35 heavy (non-hydrogen) atoms. The van der Waals surface area contributed by atoms with Gasteiger partial charge in [-0.1, -0.05) is 0 Å². The van der Waals surface area contributed by atoms with Crippen LogP contribution in [0.25, 0.3) is 32.2 Å². The van der Waals surface area contributed by atoms with Gasteiger partial charge in [0.1, 0.15) is 30.1 Å². The number of nitrogens with zero attached hydrogens (tertiary/aromatic N) is 5. The maximum atomic E-state index is 6.55. The van der Waals surface area contributed by atoms with E-state index in [-0.39, 0.29) is 12.2 Å². The Bertz CT molecular complexity index is 1490. The average molecular weight is 488 g/mol. The van der Waals surface area contributed by atoms with E-state index in [0.717, 1.165) is 51.0 Å². The highest BCUT2D eigenvalue weighted by Crippen LogP contribution is 2.37. The van der Waals surface area contributed by atoms with Crippen LogP contribution in [0.5, 0.6) is 5.75 Å². The van der Waals surface area contributed by atoms with Crippen LogP contribution in [0, 0.1) is 0 Å². The van der Waals surface area contributed by atoms with E-state index in [1.54, 1.807) is 22.3 Å². The number of aryl methyl sites for hydroxylation is 1. The lowest BCUT2D eigenvalue weighted by molar-refractivity contribution is -0.0345. The van der Waals surface area contributed by atoms with Crippen molar-refractivity contribution in [2.24, 2.45) is 7.05 Å². The second kappa shape index (κ2) is 9.21. The van der Waals surface area contributed by atoms with E-state index in [0.29, 0.717) is 18.2 Å². The van der Waals surface area contributed by atoms with E-state index in [1.807, 2.05) is 56.1 Å². The number of benzene rings is 2. The van der Waals surface area contributed by atoms with Gasteiger partial charge in [-0.15, -0.1) is 11.3 Å². The summed E-state index contributed by atoms with van der Waals surface area (Å²) in [4.78, 5) is 13.5. The SMILES string of the molecule is C[C@@H](Oc1cc(-c2cnn(C)c2)cc2ncnc(Nc3ccc4ncsc4c3)c12)[C@H]1CNCCO1. The van der Waals surface area contributed by atoms with Crippen molar-refractivity contribution in [2.75, 3.05) is 25.0 Å². The smallest absolute Gasteiger partial charge is 0.145 e. The zero-order valence-corrected chi connectivity index (χ0v) is 20.2. The van der Waals surface area contributed by atoms with Crippen LogP contribution in [0.2, 0.25) is 0 Å². The highest BCUT2D eigenvalue weighted by molar-refractivity contribution is 7.16. The molecule has 0 unspecified atom stereocenters. The van der Waals surface area contributed by atoms with Gasteiger partial charge in [0.15, 0.2) is 0 Å². The molecule has 6 rings (SSSR count). The van der Waals surface area contributed by atoms with Crippen molar-refractivity contribution < 1.29 is 9.47 Å². The molecular formula is C25H25N7O2S. The van der Waals surface area contributed by atoms with Crippen LogP contribution in [0.3, 0.4) is 0 Å². The summed E-state index contributed by atoms with van der Waals surface area (Å²) >= 11 is 1.61. The number of morpholine rings is 1. The van der Waals surface area contributed by atoms with Crippen LogP contribution < -0.4 is 15.4 Å². The fourth-order valence-electron chi connectivity index (χ4n) is 4.31. The zero-order valence-electron chi connectivity index (χ0n) is 19.4. The van der Waals surface area contributed by atoms with E-state index < -0.39 is 0 Å². The van der Waals surface area contributed by atoms with Gasteiger partial charge in [-0.25, -0.2) is 15.0 Å². The third-order valence-corrected chi connectivity index (χ3v) is 6.92. The van der Waals surface area contributed by atoms with Gasteiger partial charge >= 0.3 is 0 Å². The van der Waals surface area contributed by atoms with Crippen molar-refractivity contribution >= 4 is 44.0 Å². The summed E-state index contributed by atoms with van der Waals surface area (Å²) < 4.78 is 15.4. The van der Waals surface area contributed by atoms with E-state index in [2.05, 4.69) is 36.8 Å². The summed E-state index contributed by atoms with van der Waals surface area (Å²) in [5, 5.41) is 12.0. The number of aromatic nitrogens is 5. The summed E-state index contributed by atoms with van der Waals surface area (Å²) in [6.07, 6.45) is 5.18. The number of rotatable bonds is 6. The number of nitrogens with one attached hydrogen (secondary N) is 2. The first-order valence-corrected chi connectivity index (χ1v) is 12.4. The highest BCUT2D eigenvalue weighted by Gasteiger charge is 2.24. The van der Waals surface area contributed by atoms with Crippen molar-refractivity contribution in [2.45, 2.75) is 19.1 Å². The molecule has 1 aliphatic heterocycles. The fourth-order valence-corrected chi connectivity index (χ4v) is 5.03. The first kappa shape index (κ1) is 21.9. The number of ether oxygens (including phenoxy) is 2. The van der Waals surface area contributed by atoms with Crippen LogP contribution in [-0.2, 0) is 11.8 Å². The topological polar surface area (TPSA) is 99.0 Å². The standard InChI is InChI=1S/C25H25N7O2S/c1-15(22-11-26-5-6-33-22)34-21-8-16(17-10-30-32(2)12-17)7-20-24(21)25(28-13-27-20)31-18-3-4-19-23(9-18)35-14-29-19/h3-4,7-10,12-15,22,26H,5-6,11H2,1-2H3,(H,27,28,31)/t15-,22-/m1/s1. The Hall–Kier alpha value is -3.60. The molecule has 2 aromatic carbocycles. The molecule has 2 atom stereocenters. The first-order valence-electron chi connectivity index (χ1n) is 11.5. The molecule has 0 radical (unpaired) electrons. The van der Waals surface area contributed by atoms with E-state index in [9.17, 15) is 0 Å². The van der Waals surface area contributed by atoms with Crippen molar-refractivity contribution in [3.8, 4) is 16.9 Å². The molecule has 0 spiro atoms. The molecule has 2 N–H and O–H groups in total. The molecule has 1 fully saturated rings. The predicted octanol–water partition coefficient (Wildman–Crippen LogP) is 4.14. The van der Waals surface area contributed by atoms with Crippen LogP contribution >= 0.6 is 11.3 Å². The Kier molecular flexibility index (Phi) is 5.77. The number of hydrogen-bond donors (Lipinski definition) is 2. The third-order valence-electron chi connectivity index (χ3n) is 6.13. The lowest BCUT2D eigenvalue weighted by Crippen LogP contribution is -2.46. The highest BCUT2D eigenvalue weighted by atomic mass is 32.1. The van der Waals surface area contributed by atoms with Gasteiger partial charge in [0.05, 0.1) is 39.4 Å². The molecule has 10 heteroatoms. The molecule has 9 nitrogen and oxygen atoms in total. The van der Waals surface area contributed by atoms with Gasteiger partial charge in [-0.2, -0.15) is 5.10 Å². The molecule has 5 aromatic rings. The molecule has 0 amide bonds. The summed E-state index contributed by atoms with van der Waals surface area (Å²) in [5.74, 6) is 1.38. The molecule has 0 aliphatic carbocycles. The van der Waals surface area contributed by atoms with Gasteiger partial charge in [0.2, 0.25) is 0 Å². The minimum Gasteiger partial charge on any atom is -0.487 e. The number of anilines is 2. The fraction of sp³-hybridized carbons (Fsp3) is 0.280. The van der Waals surface area contributed by atoms with Crippen molar-refractivity contribution in [3.05, 3.63) is 54.6 Å². The molecule has 4 heterocycles. The van der Waals surface area contributed by atoms with E-state index >= 15 is 0 Å². The van der Waals surface area contributed by atoms with Crippen LogP contribution in [0.1, 0.15) is 6.92 Å². The molecular weight excluding hydrogens is 462 g/mol. The van der Waals surface area contributed by atoms with Gasteiger partial charge < -0.3 is 20.1 Å². The maximum absolute atomic E-state index is 6.55. The molecule has 3 aromatic heterocycles. The molecule has 0 saturated carbocycles. The summed E-state index contributed by atoms with van der Waals surface area (Å²) in [6.45, 7) is 4.31.